The van der Waals surface area contributed by atoms with Gasteiger partial charge in [-0.2, -0.15) is 0 Å². The summed E-state index contributed by atoms with van der Waals surface area (Å²) < 4.78 is 0. The second-order valence-corrected chi connectivity index (χ2v) is 8.40. The van der Waals surface area contributed by atoms with Crippen LogP contribution in [0.2, 0.25) is 0 Å². The SMILES string of the molecule is CCC(CC)(CC)CCCCCCCCCCCCCCCCCN.Cl. The number of nitrogens with two attached hydrogens (primary N) is 1. The van der Waals surface area contributed by atoms with E-state index in [0.717, 1.165) is 6.54 Å². The fourth-order valence-corrected chi connectivity index (χ4v) is 4.22. The Morgan fingerprint density at radius 2 is 0.731 bits per heavy atom. The van der Waals surface area contributed by atoms with Gasteiger partial charge in [0.05, 0.1) is 0 Å². The van der Waals surface area contributed by atoms with Crippen LogP contribution in [0.4, 0.5) is 0 Å². The molecule has 1 nitrogen and oxygen atoms in total. The van der Waals surface area contributed by atoms with Crippen molar-refractivity contribution < 1.29 is 0 Å². The Balaban J connectivity index is 0. The first-order valence-electron chi connectivity index (χ1n) is 11.9. The number of halogens is 1. The lowest BCUT2D eigenvalue weighted by Crippen LogP contribution is -2.17. The van der Waals surface area contributed by atoms with E-state index in [-0.39, 0.29) is 12.4 Å². The quantitative estimate of drug-likeness (QED) is 0.207. The van der Waals surface area contributed by atoms with Gasteiger partial charge in [0.15, 0.2) is 0 Å². The highest BCUT2D eigenvalue weighted by molar-refractivity contribution is 5.85. The summed E-state index contributed by atoms with van der Waals surface area (Å²) in [6, 6.07) is 0. The van der Waals surface area contributed by atoms with Crippen molar-refractivity contribution in [2.45, 2.75) is 143 Å². The molecule has 2 N–H and O–H groups in total. The van der Waals surface area contributed by atoms with Crippen LogP contribution in [0.25, 0.3) is 0 Å². The van der Waals surface area contributed by atoms with Crippen LogP contribution in [0.3, 0.4) is 0 Å². The highest BCUT2D eigenvalue weighted by Crippen LogP contribution is 2.36. The van der Waals surface area contributed by atoms with E-state index >= 15 is 0 Å². The first-order chi connectivity index (χ1) is 12.2. The fraction of sp³-hybridized carbons (Fsp3) is 1.00. The zero-order chi connectivity index (χ0) is 18.6. The lowest BCUT2D eigenvalue weighted by atomic mass is 9.75. The fourth-order valence-electron chi connectivity index (χ4n) is 4.22. The molecule has 0 aliphatic carbocycles. The molecule has 0 spiro atoms. The average Bonchev–Trinajstić information content (AvgIpc) is 2.65. The molecule has 0 bridgehead atoms. The first-order valence-corrected chi connectivity index (χ1v) is 11.9. The van der Waals surface area contributed by atoms with Gasteiger partial charge < -0.3 is 5.73 Å². The topological polar surface area (TPSA) is 26.0 Å². The minimum atomic E-state index is 0. The second kappa shape index (κ2) is 21.5. The number of unbranched alkanes of at least 4 members (excludes halogenated alkanes) is 14. The summed E-state index contributed by atoms with van der Waals surface area (Å²) in [6.45, 7) is 8.02. The van der Waals surface area contributed by atoms with Gasteiger partial charge in [-0.15, -0.1) is 12.4 Å². The van der Waals surface area contributed by atoms with E-state index in [1.807, 2.05) is 0 Å². The molecule has 160 valence electrons. The number of hydrogen-bond donors (Lipinski definition) is 1. The summed E-state index contributed by atoms with van der Waals surface area (Å²) >= 11 is 0. The van der Waals surface area contributed by atoms with E-state index < -0.39 is 0 Å². The molecule has 0 amide bonds. The Morgan fingerprint density at radius 3 is 1.00 bits per heavy atom. The van der Waals surface area contributed by atoms with Crippen molar-refractivity contribution in [1.29, 1.82) is 0 Å². The average molecular weight is 390 g/mol. The van der Waals surface area contributed by atoms with E-state index in [2.05, 4.69) is 20.8 Å². The smallest absolute Gasteiger partial charge is 0.00773 e. The zero-order valence-electron chi connectivity index (χ0n) is 18.6. The lowest BCUT2D eigenvalue weighted by molar-refractivity contribution is 0.220. The molecule has 0 aromatic heterocycles. The first kappa shape index (κ1) is 28.5. The van der Waals surface area contributed by atoms with Gasteiger partial charge in [-0.25, -0.2) is 0 Å². The van der Waals surface area contributed by atoms with Crippen molar-refractivity contribution in [2.24, 2.45) is 11.1 Å². The molecule has 0 heterocycles. The summed E-state index contributed by atoms with van der Waals surface area (Å²) in [5.74, 6) is 0. The molecular weight excluding hydrogens is 338 g/mol. The van der Waals surface area contributed by atoms with E-state index in [1.165, 1.54) is 122 Å². The van der Waals surface area contributed by atoms with Crippen LogP contribution in [0.15, 0.2) is 0 Å². The highest BCUT2D eigenvalue weighted by Gasteiger charge is 2.22. The summed E-state index contributed by atoms with van der Waals surface area (Å²) in [5.41, 5.74) is 6.17. The molecule has 2 heteroatoms. The predicted octanol–water partition coefficient (Wildman–Crippen LogP) is 8.82. The van der Waals surface area contributed by atoms with Crippen LogP contribution in [-0.4, -0.2) is 6.54 Å². The summed E-state index contributed by atoms with van der Waals surface area (Å²) in [6.07, 6.45) is 27.1. The number of hydrogen-bond acceptors (Lipinski definition) is 1. The Hall–Kier alpha value is 0.250. The van der Waals surface area contributed by atoms with Crippen LogP contribution in [-0.2, 0) is 0 Å². The van der Waals surface area contributed by atoms with Crippen LogP contribution in [0.5, 0.6) is 0 Å². The maximum atomic E-state index is 5.52. The summed E-state index contributed by atoms with van der Waals surface area (Å²) in [5, 5.41) is 0. The van der Waals surface area contributed by atoms with Gasteiger partial charge in [-0.05, 0) is 24.8 Å². The molecule has 0 saturated carbocycles. The number of rotatable bonds is 20. The van der Waals surface area contributed by atoms with Gasteiger partial charge in [-0.3, -0.25) is 0 Å². The third kappa shape index (κ3) is 16.4. The highest BCUT2D eigenvalue weighted by atomic mass is 35.5. The molecular formula is C24H52ClN. The van der Waals surface area contributed by atoms with Gasteiger partial charge in [0.1, 0.15) is 0 Å². The normalized spacial score (nSPS) is 11.5. The van der Waals surface area contributed by atoms with Crippen LogP contribution < -0.4 is 5.73 Å². The molecule has 0 saturated heterocycles. The third-order valence-electron chi connectivity index (χ3n) is 6.66. The van der Waals surface area contributed by atoms with E-state index in [4.69, 9.17) is 5.73 Å². The molecule has 0 aromatic rings. The van der Waals surface area contributed by atoms with Gasteiger partial charge in [-0.1, -0.05) is 130 Å². The molecule has 0 radical (unpaired) electrons. The van der Waals surface area contributed by atoms with Crippen molar-refractivity contribution in [3.8, 4) is 0 Å². The van der Waals surface area contributed by atoms with Crippen LogP contribution >= 0.6 is 12.4 Å². The summed E-state index contributed by atoms with van der Waals surface area (Å²) in [4.78, 5) is 0. The maximum Gasteiger partial charge on any atom is -0.00773 e. The Bertz CT molecular complexity index is 242. The molecule has 0 aromatic carbocycles. The maximum absolute atomic E-state index is 5.52. The Kier molecular flexibility index (Phi) is 23.6. The van der Waals surface area contributed by atoms with E-state index in [1.54, 1.807) is 0 Å². The standard InChI is InChI=1S/C24H51N.ClH/c1-4-24(5-2,6-3)22-20-18-16-14-12-10-8-7-9-11-13-15-17-19-21-23-25;/h4-23,25H2,1-3H3;1H. The zero-order valence-corrected chi connectivity index (χ0v) is 19.4. The molecule has 0 aliphatic heterocycles. The monoisotopic (exact) mass is 389 g/mol. The Labute approximate surface area is 173 Å². The molecule has 0 aliphatic rings. The Morgan fingerprint density at radius 1 is 0.462 bits per heavy atom. The van der Waals surface area contributed by atoms with E-state index in [9.17, 15) is 0 Å². The largest absolute Gasteiger partial charge is 0.330 e. The van der Waals surface area contributed by atoms with Crippen molar-refractivity contribution in [2.75, 3.05) is 6.54 Å². The van der Waals surface area contributed by atoms with Gasteiger partial charge in [0.2, 0.25) is 0 Å². The van der Waals surface area contributed by atoms with Crippen molar-refractivity contribution in [3.63, 3.8) is 0 Å². The van der Waals surface area contributed by atoms with Crippen LogP contribution in [0.1, 0.15) is 143 Å². The minimum absolute atomic E-state index is 0. The van der Waals surface area contributed by atoms with Crippen molar-refractivity contribution in [3.05, 3.63) is 0 Å². The molecule has 26 heavy (non-hydrogen) atoms. The van der Waals surface area contributed by atoms with Crippen molar-refractivity contribution >= 4 is 12.4 Å². The van der Waals surface area contributed by atoms with E-state index in [0.29, 0.717) is 5.41 Å². The molecule has 0 atom stereocenters. The van der Waals surface area contributed by atoms with Gasteiger partial charge in [0.25, 0.3) is 0 Å². The third-order valence-corrected chi connectivity index (χ3v) is 6.66. The van der Waals surface area contributed by atoms with Crippen molar-refractivity contribution in [1.82, 2.24) is 0 Å². The molecule has 0 unspecified atom stereocenters. The second-order valence-electron chi connectivity index (χ2n) is 8.40. The minimum Gasteiger partial charge on any atom is -0.330 e. The molecule has 0 fully saturated rings. The van der Waals surface area contributed by atoms with Gasteiger partial charge in [0, 0.05) is 0 Å². The van der Waals surface area contributed by atoms with Gasteiger partial charge >= 0.3 is 0 Å². The predicted molar refractivity (Wildman–Crippen MR) is 123 cm³/mol. The van der Waals surface area contributed by atoms with Crippen LogP contribution in [0, 0.1) is 5.41 Å². The summed E-state index contributed by atoms with van der Waals surface area (Å²) in [7, 11) is 0. The molecule has 0 rings (SSSR count). The lowest BCUT2D eigenvalue weighted by Gasteiger charge is -2.30.